The molecule has 7 heterocycles. The first-order valence-corrected chi connectivity index (χ1v) is 41.6. The van der Waals surface area contributed by atoms with Gasteiger partial charge in [0, 0.05) is 97.5 Å². The third kappa shape index (κ3) is 72.1. The van der Waals surface area contributed by atoms with Crippen molar-refractivity contribution in [3.63, 3.8) is 0 Å². The number of hydrogen-bond donors (Lipinski definition) is 3. The van der Waals surface area contributed by atoms with Crippen molar-refractivity contribution in [1.82, 2.24) is 64.6 Å². The van der Waals surface area contributed by atoms with Crippen molar-refractivity contribution in [1.29, 1.82) is 0 Å². The first-order valence-electron chi connectivity index (χ1n) is 41.6. The Morgan fingerprint density at radius 3 is 0.456 bits per heavy atom. The van der Waals surface area contributed by atoms with E-state index in [1.165, 1.54) is 156 Å². The summed E-state index contributed by atoms with van der Waals surface area (Å²) in [6.45, 7) is 106. The Hall–Kier alpha value is -1.20. The van der Waals surface area contributed by atoms with Crippen molar-refractivity contribution in [2.24, 2.45) is 0 Å². The summed E-state index contributed by atoms with van der Waals surface area (Å²) in [6, 6.07) is 4.09. The lowest BCUT2D eigenvalue weighted by atomic mass is 10.0. The third-order valence-electron chi connectivity index (χ3n) is 20.1. The van der Waals surface area contributed by atoms with E-state index in [0.717, 1.165) is 6.54 Å². The standard InChI is InChI=1S/3C9H19N.C8H17N.C8H13N.C7H15N.C7H17N.C6H13N.2C6H15N.3C5H13N/c3*1-9(2,3)10-7-5-4-6-8-10;2*1-8(2,3)9-6-4-5-7-9;1-7(2,3)8-5-4-6-8;1-6-8(5)7(2,3)4;1-6(2,3)7-4-5-7;2*1-6(2,3)7(4)5;3*1-5(2,3)6-4/h3*4-8H2,1-3H3;4-7H2,1-3H3;4-7H,1-3H3;4-6H2,1-3H3;6H2,1-5H3;4-5H2,1-3H3;2*1-5H3;3*6H,1-4H3. The van der Waals surface area contributed by atoms with Crippen LogP contribution < -0.4 is 16.0 Å². The van der Waals surface area contributed by atoms with Gasteiger partial charge in [-0.2, -0.15) is 0 Å². The molecule has 6 saturated heterocycles. The Balaban J connectivity index is -0.000000248. The van der Waals surface area contributed by atoms with E-state index in [1.807, 2.05) is 33.3 Å². The molecule has 0 atom stereocenters. The molecule has 0 spiro atoms. The van der Waals surface area contributed by atoms with Gasteiger partial charge < -0.3 is 35.2 Å². The number of likely N-dealkylation sites (tertiary alicyclic amines) is 5. The van der Waals surface area contributed by atoms with E-state index in [0.29, 0.717) is 66.5 Å². The fraction of sp³-hybridized carbons (Fsp3) is 0.956. The van der Waals surface area contributed by atoms with Crippen LogP contribution in [0.25, 0.3) is 0 Å². The summed E-state index contributed by atoms with van der Waals surface area (Å²) in [6.07, 6.45) is 21.1. The summed E-state index contributed by atoms with van der Waals surface area (Å²) in [5.74, 6) is 0. The first kappa shape index (κ1) is 113. The van der Waals surface area contributed by atoms with Crippen LogP contribution in [0.5, 0.6) is 0 Å². The molecule has 13 heteroatoms. The highest BCUT2D eigenvalue weighted by Crippen LogP contribution is 2.24. The molecule has 0 aromatic carbocycles. The zero-order chi connectivity index (χ0) is 82.9. The van der Waals surface area contributed by atoms with Gasteiger partial charge in [-0.15, -0.1) is 0 Å². The maximum absolute atomic E-state index is 3.10. The van der Waals surface area contributed by atoms with Crippen LogP contribution >= 0.6 is 0 Å². The quantitative estimate of drug-likeness (QED) is 0.235. The van der Waals surface area contributed by atoms with Crippen LogP contribution in [-0.4, -0.2) is 257 Å². The molecule has 103 heavy (non-hydrogen) atoms. The Kier molecular flexibility index (Phi) is 57.0. The van der Waals surface area contributed by atoms with Crippen LogP contribution in [0.2, 0.25) is 0 Å². The SMILES string of the molecule is CC(C)(C)N1CC1.CC(C)(C)N1CCC1.CC(C)(C)N1CCCC1.CC(C)(C)N1CCCCC1.CC(C)(C)N1CCCCC1.CC(C)(C)N1CCCCC1.CC(C)(C)n1cccc1.CCN(C)C(C)(C)C.CN(C)C(C)(C)C.CN(C)C(C)(C)C.CNC(C)(C)C.CNC(C)(C)C.CNC(C)(C)C. The molecule has 13 nitrogen and oxygen atoms in total. The minimum absolute atomic E-state index is 0.240. The summed E-state index contributed by atoms with van der Waals surface area (Å²) < 4.78 is 2.19. The minimum Gasteiger partial charge on any atom is -0.349 e. The molecule has 0 amide bonds. The molecule has 7 rings (SSSR count). The van der Waals surface area contributed by atoms with Gasteiger partial charge in [-0.1, -0.05) is 26.2 Å². The van der Waals surface area contributed by atoms with Crippen LogP contribution in [0.4, 0.5) is 0 Å². The Bertz CT molecular complexity index is 1880. The Labute approximate surface area is 653 Å². The molecule has 0 radical (unpaired) electrons. The molecule has 0 aliphatic carbocycles. The molecule has 3 N–H and O–H groups in total. The van der Waals surface area contributed by atoms with Crippen LogP contribution in [0.3, 0.4) is 0 Å². The molecule has 626 valence electrons. The molecular formula is C90H201N13. The molecule has 6 aliphatic heterocycles. The lowest BCUT2D eigenvalue weighted by Gasteiger charge is -2.42. The number of hydrogen-bond acceptors (Lipinski definition) is 12. The topological polar surface area (TPSA) is 70.0 Å². The lowest BCUT2D eigenvalue weighted by molar-refractivity contribution is 0.0690. The van der Waals surface area contributed by atoms with Gasteiger partial charge in [0.1, 0.15) is 0 Å². The highest BCUT2D eigenvalue weighted by Gasteiger charge is 2.30. The van der Waals surface area contributed by atoms with Crippen LogP contribution in [-0.2, 0) is 5.54 Å². The largest absolute Gasteiger partial charge is 0.349 e. The van der Waals surface area contributed by atoms with E-state index in [2.05, 4.69) is 389 Å². The summed E-state index contributed by atoms with van der Waals surface area (Å²) in [4.78, 5) is 21.9. The van der Waals surface area contributed by atoms with Gasteiger partial charge in [-0.05, 0) is 468 Å². The fourth-order valence-corrected chi connectivity index (χ4v) is 9.05. The molecular weight excluding hydrogens is 1260 g/mol. The third-order valence-corrected chi connectivity index (χ3v) is 20.1. The second-order valence-electron chi connectivity index (χ2n) is 43.3. The lowest BCUT2D eigenvalue weighted by Crippen LogP contribution is -2.49. The van der Waals surface area contributed by atoms with Crippen molar-refractivity contribution < 1.29 is 0 Å². The molecule has 0 unspecified atom stereocenters. The minimum atomic E-state index is 0.240. The van der Waals surface area contributed by atoms with E-state index in [4.69, 9.17) is 0 Å². The summed E-state index contributed by atoms with van der Waals surface area (Å²) in [7, 11) is 16.3. The smallest absolute Gasteiger partial charge is 0.0355 e. The van der Waals surface area contributed by atoms with E-state index in [1.54, 1.807) is 0 Å². The Morgan fingerprint density at radius 1 is 0.243 bits per heavy atom. The predicted octanol–water partition coefficient (Wildman–Crippen LogP) is 21.0. The van der Waals surface area contributed by atoms with Gasteiger partial charge >= 0.3 is 0 Å². The molecule has 1 aromatic heterocycles. The number of piperidine rings is 3. The van der Waals surface area contributed by atoms with Gasteiger partial charge in [-0.3, -0.25) is 29.4 Å². The molecule has 1 aromatic rings. The summed E-state index contributed by atoms with van der Waals surface area (Å²) >= 11 is 0. The van der Waals surface area contributed by atoms with E-state index >= 15 is 0 Å². The average Bonchev–Trinajstić information content (AvgIpc) is 1.77. The van der Waals surface area contributed by atoms with Gasteiger partial charge in [0.25, 0.3) is 0 Å². The van der Waals surface area contributed by atoms with Crippen molar-refractivity contribution in [3.05, 3.63) is 24.5 Å². The van der Waals surface area contributed by atoms with E-state index in [-0.39, 0.29) is 5.54 Å². The maximum Gasteiger partial charge on any atom is 0.0355 e. The highest BCUT2D eigenvalue weighted by atomic mass is 15.3. The van der Waals surface area contributed by atoms with E-state index < -0.39 is 0 Å². The van der Waals surface area contributed by atoms with Crippen LogP contribution in [0, 0.1) is 0 Å². The van der Waals surface area contributed by atoms with Gasteiger partial charge in [0.2, 0.25) is 0 Å². The van der Waals surface area contributed by atoms with E-state index in [9.17, 15) is 0 Å². The normalized spacial score (nSPS) is 17.9. The van der Waals surface area contributed by atoms with Crippen LogP contribution in [0.15, 0.2) is 24.5 Å². The maximum atomic E-state index is 3.10. The number of rotatable bonds is 1. The van der Waals surface area contributed by atoms with Crippen molar-refractivity contribution in [2.75, 3.05) is 141 Å². The second kappa shape index (κ2) is 52.1. The second-order valence-corrected chi connectivity index (χ2v) is 43.3. The van der Waals surface area contributed by atoms with Crippen molar-refractivity contribution in [3.8, 4) is 0 Å². The van der Waals surface area contributed by atoms with Gasteiger partial charge in [-0.25, -0.2) is 0 Å². The van der Waals surface area contributed by atoms with Gasteiger partial charge in [0.05, 0.1) is 0 Å². The molecule has 0 saturated carbocycles. The highest BCUT2D eigenvalue weighted by molar-refractivity contribution is 4.95. The fourth-order valence-electron chi connectivity index (χ4n) is 9.05. The molecule has 6 fully saturated rings. The monoisotopic (exact) mass is 1460 g/mol. The summed E-state index contributed by atoms with van der Waals surface area (Å²) in [5.41, 5.74) is 4.62. The Morgan fingerprint density at radius 2 is 0.398 bits per heavy atom. The predicted molar refractivity (Wildman–Crippen MR) is 474 cm³/mol. The number of nitrogens with zero attached hydrogens (tertiary/aromatic N) is 10. The van der Waals surface area contributed by atoms with Crippen LogP contribution in [0.1, 0.15) is 354 Å². The van der Waals surface area contributed by atoms with Crippen molar-refractivity contribution in [2.45, 2.75) is 426 Å². The first-order chi connectivity index (χ1) is 45.8. The number of aromatic nitrogens is 1. The molecule has 6 aliphatic rings. The molecule has 0 bridgehead atoms. The zero-order valence-corrected chi connectivity index (χ0v) is 80.5. The summed E-state index contributed by atoms with van der Waals surface area (Å²) in [5, 5.41) is 9.31. The average molecular weight is 1470 g/mol. The zero-order valence-electron chi connectivity index (χ0n) is 80.5. The van der Waals surface area contributed by atoms with Gasteiger partial charge in [0.15, 0.2) is 0 Å². The number of nitrogens with one attached hydrogen (secondary N) is 3. The van der Waals surface area contributed by atoms with Crippen molar-refractivity contribution >= 4 is 0 Å².